The zero-order valence-electron chi connectivity index (χ0n) is 22.9. The summed E-state index contributed by atoms with van der Waals surface area (Å²) >= 11 is 0. The van der Waals surface area contributed by atoms with E-state index >= 15 is 0 Å². The number of hydrogen-bond acceptors (Lipinski definition) is 6. The van der Waals surface area contributed by atoms with E-state index in [9.17, 15) is 0 Å². The van der Waals surface area contributed by atoms with Gasteiger partial charge in [0, 0.05) is 69.5 Å². The third-order valence-corrected chi connectivity index (χ3v) is 7.03. The molecule has 0 unspecified atom stereocenters. The third-order valence-electron chi connectivity index (χ3n) is 7.03. The van der Waals surface area contributed by atoms with Gasteiger partial charge in [-0.1, -0.05) is 72.8 Å². The Kier molecular flexibility index (Phi) is 8.18. The Morgan fingerprint density at radius 1 is 0.233 bits per heavy atom. The zero-order chi connectivity index (χ0) is 28.1. The summed E-state index contributed by atoms with van der Waals surface area (Å²) in [7, 11) is 0. The molecule has 0 saturated carbocycles. The average Bonchev–Trinajstić information content (AvgIpc) is 3.09. The van der Waals surface area contributed by atoms with Crippen LogP contribution in [0.4, 0.5) is 0 Å². The number of fused-ring (bicyclic) bond motifs is 9. The topological polar surface area (TPSA) is 77.3 Å². The summed E-state index contributed by atoms with van der Waals surface area (Å²) in [6.45, 7) is 0. The second kappa shape index (κ2) is 12.7. The molecule has 9 aromatic rings. The SMILES string of the molecule is [Fe+3].c1cnc2c(c1)ccc1cccnc12.c1cnc2c(c1)ccc1cccnc12.c1cnc2c(c1)ccc1cccnc12. The van der Waals surface area contributed by atoms with Gasteiger partial charge >= 0.3 is 17.1 Å². The molecule has 203 valence electrons. The smallest absolute Gasteiger partial charge is 0.254 e. The summed E-state index contributed by atoms with van der Waals surface area (Å²) < 4.78 is 0. The van der Waals surface area contributed by atoms with Crippen LogP contribution in [0.25, 0.3) is 65.4 Å². The van der Waals surface area contributed by atoms with Crippen LogP contribution in [0.15, 0.2) is 146 Å². The summed E-state index contributed by atoms with van der Waals surface area (Å²) in [5.41, 5.74) is 5.86. The molecule has 7 heteroatoms. The van der Waals surface area contributed by atoms with Crippen LogP contribution in [0, 0.1) is 0 Å². The summed E-state index contributed by atoms with van der Waals surface area (Å²) in [6, 6.07) is 36.4. The van der Waals surface area contributed by atoms with E-state index in [0.29, 0.717) is 0 Å². The van der Waals surface area contributed by atoms with E-state index in [1.54, 1.807) is 37.2 Å². The first-order valence-electron chi connectivity index (χ1n) is 13.6. The third kappa shape index (κ3) is 5.72. The Hall–Kier alpha value is -5.36. The van der Waals surface area contributed by atoms with Gasteiger partial charge in [0.25, 0.3) is 0 Å². The van der Waals surface area contributed by atoms with E-state index in [1.807, 2.05) is 36.4 Å². The Morgan fingerprint density at radius 2 is 0.395 bits per heavy atom. The van der Waals surface area contributed by atoms with Gasteiger partial charge in [0.1, 0.15) is 0 Å². The van der Waals surface area contributed by atoms with Crippen LogP contribution in [0.2, 0.25) is 0 Å². The van der Waals surface area contributed by atoms with Crippen LogP contribution < -0.4 is 0 Å². The normalized spacial score (nSPS) is 10.6. The molecule has 0 N–H and O–H groups in total. The van der Waals surface area contributed by atoms with Gasteiger partial charge < -0.3 is 0 Å². The minimum absolute atomic E-state index is 0. The van der Waals surface area contributed by atoms with Crippen molar-refractivity contribution >= 4 is 65.4 Å². The van der Waals surface area contributed by atoms with Crippen LogP contribution in [-0.2, 0) is 17.1 Å². The zero-order valence-corrected chi connectivity index (χ0v) is 24.0. The van der Waals surface area contributed by atoms with Crippen molar-refractivity contribution in [2.75, 3.05) is 0 Å². The van der Waals surface area contributed by atoms with E-state index in [2.05, 4.69) is 103 Å². The Labute approximate surface area is 258 Å². The van der Waals surface area contributed by atoms with Crippen molar-refractivity contribution < 1.29 is 17.1 Å². The second-order valence-electron chi connectivity index (χ2n) is 9.65. The molecule has 9 rings (SSSR count). The maximum Gasteiger partial charge on any atom is 3.00 e. The average molecular weight is 596 g/mol. The molecule has 43 heavy (non-hydrogen) atoms. The van der Waals surface area contributed by atoms with Gasteiger partial charge in [-0.05, 0) is 36.4 Å². The summed E-state index contributed by atoms with van der Waals surface area (Å²) in [6.07, 6.45) is 10.8. The van der Waals surface area contributed by atoms with Crippen molar-refractivity contribution in [3.8, 4) is 0 Å². The molecule has 0 saturated heterocycles. The van der Waals surface area contributed by atoms with E-state index in [4.69, 9.17) is 0 Å². The number of aromatic nitrogens is 6. The summed E-state index contributed by atoms with van der Waals surface area (Å²) in [5, 5.41) is 6.83. The first-order chi connectivity index (χ1) is 20.8. The van der Waals surface area contributed by atoms with Crippen LogP contribution in [-0.4, -0.2) is 29.9 Å². The molecule has 0 aliphatic rings. The van der Waals surface area contributed by atoms with Crippen molar-refractivity contribution in [2.24, 2.45) is 0 Å². The monoisotopic (exact) mass is 596 g/mol. The molecule has 6 heterocycles. The molecular formula is C36H24FeN6+3. The molecule has 0 fully saturated rings. The number of nitrogens with zero attached hydrogens (tertiary/aromatic N) is 6. The summed E-state index contributed by atoms with van der Waals surface area (Å²) in [4.78, 5) is 26.1. The molecule has 6 nitrogen and oxygen atoms in total. The Bertz CT molecular complexity index is 1910. The molecule has 0 spiro atoms. The molecule has 0 amide bonds. The maximum absolute atomic E-state index is 4.35. The molecular weight excluding hydrogens is 572 g/mol. The van der Waals surface area contributed by atoms with Gasteiger partial charge in [-0.15, -0.1) is 0 Å². The predicted octanol–water partition coefficient (Wildman–Crippen LogP) is 8.35. The maximum atomic E-state index is 4.35. The van der Waals surface area contributed by atoms with Crippen molar-refractivity contribution in [3.63, 3.8) is 0 Å². The molecule has 1 radical (unpaired) electrons. The second-order valence-corrected chi connectivity index (χ2v) is 9.65. The minimum atomic E-state index is 0. The van der Waals surface area contributed by atoms with Crippen molar-refractivity contribution in [3.05, 3.63) is 146 Å². The molecule has 0 aliphatic carbocycles. The number of pyridine rings is 6. The van der Waals surface area contributed by atoms with Gasteiger partial charge in [0.15, 0.2) is 0 Å². The van der Waals surface area contributed by atoms with Crippen LogP contribution in [0.1, 0.15) is 0 Å². The Balaban J connectivity index is 0.000000113. The number of benzene rings is 3. The number of rotatable bonds is 0. The van der Waals surface area contributed by atoms with E-state index in [0.717, 1.165) is 65.4 Å². The largest absolute Gasteiger partial charge is 3.00 e. The van der Waals surface area contributed by atoms with E-state index < -0.39 is 0 Å². The van der Waals surface area contributed by atoms with E-state index in [1.165, 1.54) is 0 Å². The molecule has 0 atom stereocenters. The van der Waals surface area contributed by atoms with Gasteiger partial charge in [-0.2, -0.15) is 0 Å². The standard InChI is InChI=1S/3C12H8N2.Fe/c3*1-3-9-5-6-10-4-2-8-14-12(10)11(9)13-7-1;/h3*1-8H;/q;;;+3. The quantitative estimate of drug-likeness (QED) is 0.129. The van der Waals surface area contributed by atoms with Crippen LogP contribution in [0.5, 0.6) is 0 Å². The van der Waals surface area contributed by atoms with E-state index in [-0.39, 0.29) is 17.1 Å². The van der Waals surface area contributed by atoms with Crippen LogP contribution >= 0.6 is 0 Å². The minimum Gasteiger partial charge on any atom is -0.254 e. The fourth-order valence-corrected chi connectivity index (χ4v) is 5.04. The van der Waals surface area contributed by atoms with Crippen molar-refractivity contribution in [1.82, 2.24) is 29.9 Å². The van der Waals surface area contributed by atoms with Gasteiger partial charge in [0.05, 0.1) is 33.1 Å². The fourth-order valence-electron chi connectivity index (χ4n) is 5.04. The number of hydrogen-bond donors (Lipinski definition) is 0. The van der Waals surface area contributed by atoms with Gasteiger partial charge in [0.2, 0.25) is 0 Å². The molecule has 0 bridgehead atoms. The van der Waals surface area contributed by atoms with Gasteiger partial charge in [-0.3, -0.25) is 29.9 Å². The van der Waals surface area contributed by atoms with Crippen LogP contribution in [0.3, 0.4) is 0 Å². The molecule has 3 aromatic carbocycles. The fraction of sp³-hybridized carbons (Fsp3) is 0. The predicted molar refractivity (Wildman–Crippen MR) is 171 cm³/mol. The summed E-state index contributed by atoms with van der Waals surface area (Å²) in [5.74, 6) is 0. The molecule has 6 aromatic heterocycles. The Morgan fingerprint density at radius 3 is 0.558 bits per heavy atom. The van der Waals surface area contributed by atoms with Crippen molar-refractivity contribution in [1.29, 1.82) is 0 Å². The first kappa shape index (κ1) is 27.8. The molecule has 0 aliphatic heterocycles. The van der Waals surface area contributed by atoms with Gasteiger partial charge in [-0.25, -0.2) is 0 Å². The van der Waals surface area contributed by atoms with Crippen molar-refractivity contribution in [2.45, 2.75) is 0 Å². The first-order valence-corrected chi connectivity index (χ1v) is 13.6.